The van der Waals surface area contributed by atoms with E-state index in [1.54, 1.807) is 24.4 Å². The van der Waals surface area contributed by atoms with Gasteiger partial charge in [0.25, 0.3) is 5.91 Å². The van der Waals surface area contributed by atoms with Crippen LogP contribution in [0.2, 0.25) is 5.02 Å². The number of hydrogen-bond acceptors (Lipinski definition) is 4. The summed E-state index contributed by atoms with van der Waals surface area (Å²) in [4.78, 5) is 22.9. The number of amides is 1. The van der Waals surface area contributed by atoms with Crippen molar-refractivity contribution in [3.8, 4) is 5.75 Å². The highest BCUT2D eigenvalue weighted by atomic mass is 35.5. The van der Waals surface area contributed by atoms with Crippen molar-refractivity contribution >= 4 is 34.4 Å². The molecule has 1 saturated heterocycles. The fraction of sp³-hybridized carbons (Fsp3) is 0.316. The van der Waals surface area contributed by atoms with Crippen molar-refractivity contribution < 1.29 is 13.9 Å². The zero-order valence-electron chi connectivity index (χ0n) is 15.2. The summed E-state index contributed by atoms with van der Waals surface area (Å²) in [5, 5.41) is 1.01. The second kappa shape index (κ2) is 7.86. The third kappa shape index (κ3) is 4.78. The van der Waals surface area contributed by atoms with Gasteiger partial charge in [-0.1, -0.05) is 23.4 Å². The summed E-state index contributed by atoms with van der Waals surface area (Å²) in [5.74, 6) is -0.411. The van der Waals surface area contributed by atoms with Gasteiger partial charge in [-0.3, -0.25) is 9.78 Å². The highest BCUT2D eigenvalue weighted by Gasteiger charge is 2.36. The molecule has 8 heteroatoms. The lowest BCUT2D eigenvalue weighted by atomic mass is 10.2. The maximum atomic E-state index is 13.4. The third-order valence-electron chi connectivity index (χ3n) is 3.93. The summed E-state index contributed by atoms with van der Waals surface area (Å²) in [5.41, 5.74) is 1.02. The van der Waals surface area contributed by atoms with Crippen molar-refractivity contribution in [3.63, 3.8) is 0 Å². The molecule has 1 aromatic carbocycles. The van der Waals surface area contributed by atoms with Gasteiger partial charge in [0.15, 0.2) is 5.17 Å². The largest absolute Gasteiger partial charge is 0.496 e. The molecule has 27 heavy (non-hydrogen) atoms. The van der Waals surface area contributed by atoms with Crippen molar-refractivity contribution in [2.24, 2.45) is 4.99 Å². The second-order valence-corrected chi connectivity index (χ2v) is 8.88. The molecule has 0 aliphatic carbocycles. The number of ether oxygens (including phenoxy) is 1. The van der Waals surface area contributed by atoms with E-state index in [0.717, 1.165) is 6.20 Å². The predicted octanol–water partition coefficient (Wildman–Crippen LogP) is 4.41. The molecule has 1 fully saturated rings. The molecule has 0 atom stereocenters. The monoisotopic (exact) mass is 407 g/mol. The fourth-order valence-electron chi connectivity index (χ4n) is 2.85. The maximum absolute atomic E-state index is 13.4. The molecule has 0 saturated carbocycles. The summed E-state index contributed by atoms with van der Waals surface area (Å²) in [6, 6.07) is 6.26. The van der Waals surface area contributed by atoms with Gasteiger partial charge in [-0.15, -0.1) is 0 Å². The average molecular weight is 408 g/mol. The number of hydrogen-bond donors (Lipinski definition) is 0. The third-order valence-corrected chi connectivity index (χ3v) is 5.38. The van der Waals surface area contributed by atoms with Crippen molar-refractivity contribution in [3.05, 3.63) is 58.6 Å². The first kappa shape index (κ1) is 19.6. The molecule has 0 bridgehead atoms. The van der Waals surface area contributed by atoms with Crippen molar-refractivity contribution in [1.82, 2.24) is 9.88 Å². The molecule has 2 heterocycles. The molecule has 142 valence electrons. The number of halogens is 2. The Hall–Kier alpha value is -2.12. The highest BCUT2D eigenvalue weighted by molar-refractivity contribution is 8.15. The van der Waals surface area contributed by atoms with Gasteiger partial charge >= 0.3 is 0 Å². The average Bonchev–Trinajstić information content (AvgIpc) is 2.88. The lowest BCUT2D eigenvalue weighted by Gasteiger charge is -2.19. The summed E-state index contributed by atoms with van der Waals surface area (Å²) in [6.07, 6.45) is 2.77. The van der Waals surface area contributed by atoms with Crippen LogP contribution < -0.4 is 4.74 Å². The quantitative estimate of drug-likeness (QED) is 0.751. The number of thioether (sulfide) groups is 1. The van der Waals surface area contributed by atoms with E-state index in [1.807, 2.05) is 4.90 Å². The highest BCUT2D eigenvalue weighted by Crippen LogP contribution is 2.37. The van der Waals surface area contributed by atoms with Gasteiger partial charge in [0, 0.05) is 29.1 Å². The molecule has 1 aliphatic heterocycles. The Kier molecular flexibility index (Phi) is 5.72. The zero-order chi connectivity index (χ0) is 19.6. The topological polar surface area (TPSA) is 54.8 Å². The van der Waals surface area contributed by atoms with Crippen LogP contribution in [0, 0.1) is 5.82 Å². The normalized spacial score (nSPS) is 17.4. The molecule has 1 aliphatic rings. The van der Waals surface area contributed by atoms with Gasteiger partial charge in [-0.2, -0.15) is 4.99 Å². The van der Waals surface area contributed by atoms with E-state index in [2.05, 4.69) is 23.8 Å². The van der Waals surface area contributed by atoms with Crippen LogP contribution in [0.4, 0.5) is 4.39 Å². The van der Waals surface area contributed by atoms with Crippen molar-refractivity contribution in [2.45, 2.75) is 25.1 Å². The van der Waals surface area contributed by atoms with Crippen molar-refractivity contribution in [2.75, 3.05) is 13.7 Å². The number of carbonyl (C=O) groups is 1. The number of aliphatic imine (C=N–C) groups is 1. The minimum absolute atomic E-state index is 0.127. The molecule has 1 amide bonds. The zero-order valence-corrected chi connectivity index (χ0v) is 16.8. The van der Waals surface area contributed by atoms with Gasteiger partial charge in [-0.05, 0) is 43.7 Å². The number of aromatic nitrogens is 1. The number of benzene rings is 1. The van der Waals surface area contributed by atoms with E-state index >= 15 is 0 Å². The summed E-state index contributed by atoms with van der Waals surface area (Å²) >= 11 is 7.52. The van der Waals surface area contributed by atoms with E-state index < -0.39 is 11.7 Å². The Balaban J connectivity index is 1.90. The standard InChI is InChI=1S/C19H19ClFN3O2S/c1-19(2)11-24(10-12-6-14(21)9-22-8-12)18(27-19)23-17(25)15-7-13(20)4-5-16(15)26-3/h4-9H,10-11H2,1-3H3. The van der Waals surface area contributed by atoms with E-state index in [9.17, 15) is 9.18 Å². The van der Waals surface area contributed by atoms with Crippen LogP contribution in [0.1, 0.15) is 29.8 Å². The molecule has 0 N–H and O–H groups in total. The first-order valence-corrected chi connectivity index (χ1v) is 9.47. The Morgan fingerprint density at radius 1 is 1.41 bits per heavy atom. The second-order valence-electron chi connectivity index (χ2n) is 6.77. The Bertz CT molecular complexity index is 904. The lowest BCUT2D eigenvalue weighted by molar-refractivity contribution is 0.0998. The number of pyridine rings is 1. The van der Waals surface area contributed by atoms with Gasteiger partial charge in [-0.25, -0.2) is 4.39 Å². The number of methoxy groups -OCH3 is 1. The van der Waals surface area contributed by atoms with Gasteiger partial charge < -0.3 is 9.64 Å². The van der Waals surface area contributed by atoms with E-state index in [-0.39, 0.29) is 4.75 Å². The first-order chi connectivity index (χ1) is 12.8. The molecule has 0 unspecified atom stereocenters. The number of amidine groups is 1. The summed E-state index contributed by atoms with van der Waals surface area (Å²) < 4.78 is 18.6. The Morgan fingerprint density at radius 3 is 2.89 bits per heavy atom. The summed E-state index contributed by atoms with van der Waals surface area (Å²) in [6.45, 7) is 5.23. The van der Waals surface area contributed by atoms with E-state index in [0.29, 0.717) is 40.2 Å². The Morgan fingerprint density at radius 2 is 2.19 bits per heavy atom. The Labute approximate surface area is 166 Å². The predicted molar refractivity (Wildman–Crippen MR) is 106 cm³/mol. The van der Waals surface area contributed by atoms with Crippen LogP contribution in [0.15, 0.2) is 41.7 Å². The van der Waals surface area contributed by atoms with Crippen LogP contribution in [0.25, 0.3) is 0 Å². The van der Waals surface area contributed by atoms with Crippen LogP contribution in [-0.4, -0.2) is 39.4 Å². The minimum atomic E-state index is -0.433. The van der Waals surface area contributed by atoms with E-state index in [1.165, 1.54) is 24.9 Å². The molecule has 5 nitrogen and oxygen atoms in total. The molecule has 0 radical (unpaired) electrons. The van der Waals surface area contributed by atoms with E-state index in [4.69, 9.17) is 16.3 Å². The number of carbonyl (C=O) groups excluding carboxylic acids is 1. The van der Waals surface area contributed by atoms with Gasteiger partial charge in [0.2, 0.25) is 0 Å². The number of nitrogens with zero attached hydrogens (tertiary/aromatic N) is 3. The van der Waals surface area contributed by atoms with Crippen LogP contribution in [0.5, 0.6) is 5.75 Å². The SMILES string of the molecule is COc1ccc(Cl)cc1C(=O)N=C1SC(C)(C)CN1Cc1cncc(F)c1. The van der Waals surface area contributed by atoms with Crippen LogP contribution in [-0.2, 0) is 6.54 Å². The molecule has 3 rings (SSSR count). The molecule has 0 spiro atoms. The minimum Gasteiger partial charge on any atom is -0.496 e. The molecular formula is C19H19ClFN3O2S. The van der Waals surface area contributed by atoms with Gasteiger partial charge in [0.1, 0.15) is 11.6 Å². The van der Waals surface area contributed by atoms with Crippen LogP contribution in [0.3, 0.4) is 0 Å². The van der Waals surface area contributed by atoms with Crippen molar-refractivity contribution in [1.29, 1.82) is 0 Å². The smallest absolute Gasteiger partial charge is 0.283 e. The van der Waals surface area contributed by atoms with Crippen LogP contribution >= 0.6 is 23.4 Å². The molecule has 2 aromatic rings. The van der Waals surface area contributed by atoms with Gasteiger partial charge in [0.05, 0.1) is 18.9 Å². The number of rotatable bonds is 4. The lowest BCUT2D eigenvalue weighted by Crippen LogP contribution is -2.28. The molecule has 1 aromatic heterocycles. The first-order valence-electron chi connectivity index (χ1n) is 8.27. The fourth-order valence-corrected chi connectivity index (χ4v) is 4.12. The maximum Gasteiger partial charge on any atom is 0.283 e. The summed E-state index contributed by atoms with van der Waals surface area (Å²) in [7, 11) is 1.49. The molecular weight excluding hydrogens is 389 g/mol.